The zero-order chi connectivity index (χ0) is 20.0. The Morgan fingerprint density at radius 1 is 0.679 bits per heavy atom. The number of thiocarbonyl (C=S) groups is 2. The third kappa shape index (κ3) is 3.10. The number of nitrogens with zero attached hydrogens (tertiary/aromatic N) is 2. The number of aryl methyl sites for hydroxylation is 2. The summed E-state index contributed by atoms with van der Waals surface area (Å²) in [7, 11) is 0. The van der Waals surface area contributed by atoms with E-state index in [9.17, 15) is 9.59 Å². The van der Waals surface area contributed by atoms with E-state index in [0.29, 0.717) is 18.5 Å². The monoisotopic (exact) mass is 442 g/mol. The summed E-state index contributed by atoms with van der Waals surface area (Å²) in [5, 5.41) is 0. The van der Waals surface area contributed by atoms with Crippen LogP contribution in [0.1, 0.15) is 11.1 Å². The summed E-state index contributed by atoms with van der Waals surface area (Å²) in [6.45, 7) is 3.84. The fourth-order valence-corrected chi connectivity index (χ4v) is 5.78. The first kappa shape index (κ1) is 19.3. The Bertz CT molecular complexity index is 1010. The SMILES string of the molecule is Cc1ccccc1N1C(=O)C(=C2SC(=S)N(c3ccccc3C)C2=O)SC1=S. The number of carbonyl (C=O) groups excluding carboxylic acids is 2. The molecule has 2 fully saturated rings. The largest absolute Gasteiger partial charge is 0.272 e. The Morgan fingerprint density at radius 2 is 1.04 bits per heavy atom. The molecule has 8 heteroatoms. The fraction of sp³-hybridized carbons (Fsp3) is 0.100. The first-order valence-corrected chi connectivity index (χ1v) is 10.8. The van der Waals surface area contributed by atoms with Gasteiger partial charge in [-0.3, -0.25) is 19.4 Å². The lowest BCUT2D eigenvalue weighted by atomic mass is 10.2. The van der Waals surface area contributed by atoms with Gasteiger partial charge in [-0.1, -0.05) is 84.4 Å². The minimum absolute atomic E-state index is 0.283. The highest BCUT2D eigenvalue weighted by Gasteiger charge is 2.43. The normalized spacial score (nSPS) is 19.9. The quantitative estimate of drug-likeness (QED) is 0.484. The molecular weight excluding hydrogens is 429 g/mol. The topological polar surface area (TPSA) is 40.6 Å². The molecule has 4 nitrogen and oxygen atoms in total. The maximum absolute atomic E-state index is 13.2. The van der Waals surface area contributed by atoms with Crippen molar-refractivity contribution < 1.29 is 9.59 Å². The van der Waals surface area contributed by atoms with E-state index in [0.717, 1.165) is 46.0 Å². The van der Waals surface area contributed by atoms with Gasteiger partial charge in [0.2, 0.25) is 0 Å². The van der Waals surface area contributed by atoms with Gasteiger partial charge in [-0.2, -0.15) is 0 Å². The summed E-state index contributed by atoms with van der Waals surface area (Å²) in [5.74, 6) is -0.566. The summed E-state index contributed by atoms with van der Waals surface area (Å²) in [6.07, 6.45) is 0. The molecule has 0 unspecified atom stereocenters. The van der Waals surface area contributed by atoms with Crippen LogP contribution in [-0.2, 0) is 9.59 Å². The van der Waals surface area contributed by atoms with Gasteiger partial charge in [0.25, 0.3) is 11.8 Å². The Kier molecular flexibility index (Phi) is 5.13. The van der Waals surface area contributed by atoms with E-state index in [4.69, 9.17) is 24.4 Å². The number of hydrogen-bond acceptors (Lipinski definition) is 6. The molecule has 2 amide bonds. The minimum Gasteiger partial charge on any atom is -0.268 e. The van der Waals surface area contributed by atoms with E-state index < -0.39 is 0 Å². The Morgan fingerprint density at radius 3 is 1.39 bits per heavy atom. The van der Waals surface area contributed by atoms with Gasteiger partial charge in [0.1, 0.15) is 0 Å². The molecule has 2 aromatic rings. The summed E-state index contributed by atoms with van der Waals surface area (Å²) >= 11 is 13.2. The van der Waals surface area contributed by atoms with Gasteiger partial charge in [0.15, 0.2) is 8.64 Å². The van der Waals surface area contributed by atoms with Gasteiger partial charge in [0.05, 0.1) is 21.2 Å². The smallest absolute Gasteiger partial charge is 0.268 e. The predicted octanol–water partition coefficient (Wildman–Crippen LogP) is 4.94. The summed E-state index contributed by atoms with van der Waals surface area (Å²) in [6, 6.07) is 15.1. The number of hydrogen-bond donors (Lipinski definition) is 0. The maximum atomic E-state index is 13.2. The van der Waals surface area contributed by atoms with Crippen LogP contribution in [0, 0.1) is 13.8 Å². The van der Waals surface area contributed by atoms with Crippen molar-refractivity contribution in [1.82, 2.24) is 0 Å². The molecule has 0 aromatic heterocycles. The van der Waals surface area contributed by atoms with E-state index >= 15 is 0 Å². The van der Waals surface area contributed by atoms with Crippen molar-refractivity contribution in [3.63, 3.8) is 0 Å². The van der Waals surface area contributed by atoms with Gasteiger partial charge >= 0.3 is 0 Å². The number of carbonyl (C=O) groups is 2. The van der Waals surface area contributed by atoms with Crippen LogP contribution < -0.4 is 9.80 Å². The predicted molar refractivity (Wildman–Crippen MR) is 125 cm³/mol. The van der Waals surface area contributed by atoms with E-state index in [2.05, 4.69) is 0 Å². The standard InChI is InChI=1S/C20H14N2O2S4/c1-11-7-3-5-9-13(11)21-17(23)15(27-19(21)25)16-18(24)22(20(26)28-16)14-10-6-4-8-12(14)2/h3-10H,1-2H3. The Labute approximate surface area is 182 Å². The molecule has 28 heavy (non-hydrogen) atoms. The molecule has 2 aliphatic heterocycles. The number of para-hydroxylation sites is 2. The highest BCUT2D eigenvalue weighted by molar-refractivity contribution is 8.30. The molecule has 2 saturated heterocycles. The molecule has 0 bridgehead atoms. The zero-order valence-electron chi connectivity index (χ0n) is 15.0. The van der Waals surface area contributed by atoms with Crippen molar-refractivity contribution in [2.45, 2.75) is 13.8 Å². The molecule has 0 spiro atoms. The molecule has 0 atom stereocenters. The Balaban J connectivity index is 1.75. The van der Waals surface area contributed by atoms with Gasteiger partial charge in [0, 0.05) is 0 Å². The van der Waals surface area contributed by atoms with Crippen LogP contribution in [0.15, 0.2) is 58.3 Å². The summed E-state index contributed by atoms with van der Waals surface area (Å²) in [5.41, 5.74) is 3.34. The summed E-state index contributed by atoms with van der Waals surface area (Å²) < 4.78 is 0.825. The third-order valence-corrected chi connectivity index (χ3v) is 7.33. The van der Waals surface area contributed by atoms with Gasteiger partial charge in [-0.05, 0) is 37.1 Å². The molecule has 140 valence electrons. The molecule has 2 aromatic carbocycles. The second kappa shape index (κ2) is 7.44. The molecule has 0 aliphatic carbocycles. The summed E-state index contributed by atoms with van der Waals surface area (Å²) in [4.78, 5) is 30.0. The minimum atomic E-state index is -0.283. The molecule has 2 heterocycles. The van der Waals surface area contributed by atoms with Crippen LogP contribution in [0.25, 0.3) is 0 Å². The van der Waals surface area contributed by atoms with Crippen molar-refractivity contribution in [2.75, 3.05) is 9.80 Å². The van der Waals surface area contributed by atoms with Crippen molar-refractivity contribution >= 4 is 79.8 Å². The van der Waals surface area contributed by atoms with Crippen molar-refractivity contribution in [3.8, 4) is 0 Å². The average Bonchev–Trinajstić information content (AvgIpc) is 3.12. The number of amides is 2. The Hall–Kier alpha value is -2.00. The first-order valence-electron chi connectivity index (χ1n) is 8.38. The number of thioether (sulfide) groups is 2. The lowest BCUT2D eigenvalue weighted by Crippen LogP contribution is -2.30. The van der Waals surface area contributed by atoms with Crippen LogP contribution in [0.5, 0.6) is 0 Å². The molecule has 0 saturated carbocycles. The van der Waals surface area contributed by atoms with E-state index in [1.54, 1.807) is 0 Å². The van der Waals surface area contributed by atoms with Crippen molar-refractivity contribution in [2.24, 2.45) is 0 Å². The van der Waals surface area contributed by atoms with E-state index in [-0.39, 0.29) is 11.8 Å². The van der Waals surface area contributed by atoms with Gasteiger partial charge < -0.3 is 0 Å². The number of anilines is 2. The molecular formula is C20H14N2O2S4. The molecule has 0 N–H and O–H groups in total. The second-order valence-electron chi connectivity index (χ2n) is 6.25. The van der Waals surface area contributed by atoms with Crippen molar-refractivity contribution in [1.29, 1.82) is 0 Å². The average molecular weight is 443 g/mol. The van der Waals surface area contributed by atoms with Crippen LogP contribution in [-0.4, -0.2) is 20.5 Å². The number of benzene rings is 2. The van der Waals surface area contributed by atoms with Crippen molar-refractivity contribution in [3.05, 3.63) is 69.5 Å². The van der Waals surface area contributed by atoms with Crippen LogP contribution >= 0.6 is 48.0 Å². The highest BCUT2D eigenvalue weighted by atomic mass is 32.2. The van der Waals surface area contributed by atoms with Gasteiger partial charge in [-0.15, -0.1) is 0 Å². The molecule has 4 rings (SSSR count). The zero-order valence-corrected chi connectivity index (χ0v) is 18.2. The maximum Gasteiger partial charge on any atom is 0.272 e. The second-order valence-corrected chi connectivity index (χ2v) is 9.54. The van der Waals surface area contributed by atoms with Crippen LogP contribution in [0.4, 0.5) is 11.4 Å². The first-order chi connectivity index (χ1) is 13.4. The third-order valence-electron chi connectivity index (χ3n) is 4.46. The highest BCUT2D eigenvalue weighted by Crippen LogP contribution is 2.45. The lowest BCUT2D eigenvalue weighted by molar-refractivity contribution is -0.115. The van der Waals surface area contributed by atoms with Gasteiger partial charge in [-0.25, -0.2) is 0 Å². The lowest BCUT2D eigenvalue weighted by Gasteiger charge is -2.17. The fourth-order valence-electron chi connectivity index (χ4n) is 3.05. The number of rotatable bonds is 2. The van der Waals surface area contributed by atoms with Crippen LogP contribution in [0.2, 0.25) is 0 Å². The van der Waals surface area contributed by atoms with E-state index in [1.807, 2.05) is 62.4 Å². The molecule has 0 radical (unpaired) electrons. The van der Waals surface area contributed by atoms with Crippen LogP contribution in [0.3, 0.4) is 0 Å². The van der Waals surface area contributed by atoms with E-state index in [1.165, 1.54) is 9.80 Å². The molecule has 2 aliphatic rings.